The van der Waals surface area contributed by atoms with Crippen LogP contribution in [0.2, 0.25) is 0 Å². The van der Waals surface area contributed by atoms with Crippen LogP contribution in [0.1, 0.15) is 68.1 Å². The summed E-state index contributed by atoms with van der Waals surface area (Å²) in [5.74, 6) is 0.676. The number of hydrogen-bond acceptors (Lipinski definition) is 4. The Morgan fingerprint density at radius 2 is 1.79 bits per heavy atom. The summed E-state index contributed by atoms with van der Waals surface area (Å²) in [6.45, 7) is 2.72. The monoisotopic (exact) mass is 328 g/mol. The van der Waals surface area contributed by atoms with Crippen LogP contribution in [0.25, 0.3) is 0 Å². The first kappa shape index (κ1) is 16.9. The van der Waals surface area contributed by atoms with Gasteiger partial charge in [0.25, 0.3) is 5.91 Å². The summed E-state index contributed by atoms with van der Waals surface area (Å²) < 4.78 is 0. The minimum atomic E-state index is -0.0752. The molecule has 1 saturated heterocycles. The van der Waals surface area contributed by atoms with Crippen LogP contribution in [0.5, 0.6) is 0 Å². The first-order chi connectivity index (χ1) is 11.8. The van der Waals surface area contributed by atoms with Crippen molar-refractivity contribution >= 4 is 11.9 Å². The lowest BCUT2D eigenvalue weighted by Gasteiger charge is -2.19. The second kappa shape index (κ2) is 8.81. The second-order valence-electron chi connectivity index (χ2n) is 6.79. The van der Waals surface area contributed by atoms with Crippen molar-refractivity contribution in [3.8, 4) is 0 Å². The van der Waals surface area contributed by atoms with Crippen molar-refractivity contribution in [3.63, 3.8) is 0 Å². The standard InChI is InChI=1S/C19H28N4O/c24-18(20-11-10-16-8-4-3-5-9-16)17-14-21-19(22-15-17)23-12-6-1-2-7-13-23/h8,14-15H,1-7,9-13H2,(H,20,24). The van der Waals surface area contributed by atoms with Gasteiger partial charge in [-0.1, -0.05) is 24.5 Å². The average molecular weight is 328 g/mol. The summed E-state index contributed by atoms with van der Waals surface area (Å²) in [6.07, 6.45) is 16.5. The molecular weight excluding hydrogens is 300 g/mol. The number of carbonyl (C=O) groups excluding carboxylic acids is 1. The minimum Gasteiger partial charge on any atom is -0.352 e. The van der Waals surface area contributed by atoms with Gasteiger partial charge in [0.15, 0.2) is 0 Å². The molecule has 1 amide bonds. The van der Waals surface area contributed by atoms with E-state index in [0.717, 1.165) is 25.5 Å². The van der Waals surface area contributed by atoms with Crippen molar-refractivity contribution in [2.75, 3.05) is 24.5 Å². The van der Waals surface area contributed by atoms with E-state index in [1.807, 2.05) is 0 Å². The molecule has 2 aliphatic rings. The van der Waals surface area contributed by atoms with Crippen LogP contribution in [0, 0.1) is 0 Å². The van der Waals surface area contributed by atoms with Gasteiger partial charge in [0.1, 0.15) is 0 Å². The zero-order chi connectivity index (χ0) is 16.6. The van der Waals surface area contributed by atoms with Crippen molar-refractivity contribution in [1.82, 2.24) is 15.3 Å². The van der Waals surface area contributed by atoms with Crippen LogP contribution >= 0.6 is 0 Å². The third-order valence-corrected chi connectivity index (χ3v) is 4.91. The molecule has 5 nitrogen and oxygen atoms in total. The second-order valence-corrected chi connectivity index (χ2v) is 6.79. The molecule has 0 aromatic carbocycles. The number of nitrogens with zero attached hydrogens (tertiary/aromatic N) is 3. The largest absolute Gasteiger partial charge is 0.352 e. The molecule has 1 aliphatic heterocycles. The van der Waals surface area contributed by atoms with E-state index in [2.05, 4.69) is 26.3 Å². The van der Waals surface area contributed by atoms with Gasteiger partial charge < -0.3 is 10.2 Å². The van der Waals surface area contributed by atoms with E-state index < -0.39 is 0 Å². The third kappa shape index (κ3) is 4.79. The molecule has 0 spiro atoms. The van der Waals surface area contributed by atoms with Crippen molar-refractivity contribution < 1.29 is 4.79 Å². The van der Waals surface area contributed by atoms with Gasteiger partial charge in [-0.15, -0.1) is 0 Å². The summed E-state index contributed by atoms with van der Waals surface area (Å²) in [4.78, 5) is 23.2. The van der Waals surface area contributed by atoms with Crippen LogP contribution in [0.4, 0.5) is 5.95 Å². The zero-order valence-electron chi connectivity index (χ0n) is 14.5. The molecular formula is C19H28N4O. The van der Waals surface area contributed by atoms with Gasteiger partial charge in [0, 0.05) is 32.0 Å². The van der Waals surface area contributed by atoms with Crippen molar-refractivity contribution in [2.24, 2.45) is 0 Å². The van der Waals surface area contributed by atoms with Crippen molar-refractivity contribution in [3.05, 3.63) is 29.6 Å². The van der Waals surface area contributed by atoms with Gasteiger partial charge >= 0.3 is 0 Å². The van der Waals surface area contributed by atoms with Crippen LogP contribution in [-0.4, -0.2) is 35.5 Å². The van der Waals surface area contributed by atoms with Crippen LogP contribution < -0.4 is 10.2 Å². The summed E-state index contributed by atoms with van der Waals surface area (Å²) in [5, 5.41) is 2.98. The smallest absolute Gasteiger partial charge is 0.254 e. The molecule has 2 heterocycles. The highest BCUT2D eigenvalue weighted by molar-refractivity contribution is 5.93. The topological polar surface area (TPSA) is 58.1 Å². The lowest BCUT2D eigenvalue weighted by atomic mass is 9.97. The van der Waals surface area contributed by atoms with Gasteiger partial charge in [0.05, 0.1) is 5.56 Å². The number of nitrogens with one attached hydrogen (secondary N) is 1. The average Bonchev–Trinajstić information content (AvgIpc) is 2.92. The molecule has 0 saturated carbocycles. The highest BCUT2D eigenvalue weighted by atomic mass is 16.1. The normalized spacial score (nSPS) is 18.7. The summed E-state index contributed by atoms with van der Waals surface area (Å²) in [5.41, 5.74) is 2.03. The molecule has 0 bridgehead atoms. The third-order valence-electron chi connectivity index (χ3n) is 4.91. The van der Waals surface area contributed by atoms with Gasteiger partial charge in [0.2, 0.25) is 5.95 Å². The lowest BCUT2D eigenvalue weighted by Crippen LogP contribution is -2.27. The van der Waals surface area contributed by atoms with E-state index in [0.29, 0.717) is 12.1 Å². The maximum absolute atomic E-state index is 12.2. The van der Waals surface area contributed by atoms with E-state index in [4.69, 9.17) is 0 Å². The molecule has 1 aromatic rings. The fourth-order valence-electron chi connectivity index (χ4n) is 3.44. The molecule has 1 fully saturated rings. The molecule has 130 valence electrons. The quantitative estimate of drug-likeness (QED) is 0.841. The molecule has 0 unspecified atom stereocenters. The van der Waals surface area contributed by atoms with Gasteiger partial charge in [-0.25, -0.2) is 9.97 Å². The highest BCUT2D eigenvalue weighted by Crippen LogP contribution is 2.19. The van der Waals surface area contributed by atoms with Gasteiger partial charge in [-0.2, -0.15) is 0 Å². The Labute approximate surface area is 144 Å². The van der Waals surface area contributed by atoms with Crippen LogP contribution in [0.3, 0.4) is 0 Å². The van der Waals surface area contributed by atoms with Gasteiger partial charge in [-0.05, 0) is 44.9 Å². The maximum atomic E-state index is 12.2. The Hall–Kier alpha value is -1.91. The number of aromatic nitrogens is 2. The number of hydrogen-bond donors (Lipinski definition) is 1. The number of rotatable bonds is 5. The Morgan fingerprint density at radius 1 is 1.04 bits per heavy atom. The summed E-state index contributed by atoms with van der Waals surface area (Å²) >= 11 is 0. The molecule has 1 N–H and O–H groups in total. The van der Waals surface area contributed by atoms with Crippen molar-refractivity contribution in [1.29, 1.82) is 0 Å². The molecule has 0 atom stereocenters. The number of anilines is 1. The Bertz CT molecular complexity index is 559. The number of allylic oxidation sites excluding steroid dienone is 1. The predicted molar refractivity (Wildman–Crippen MR) is 96.2 cm³/mol. The Kier molecular flexibility index (Phi) is 6.21. The molecule has 3 rings (SSSR count). The van der Waals surface area contributed by atoms with E-state index in [1.54, 1.807) is 12.4 Å². The first-order valence-corrected chi connectivity index (χ1v) is 9.36. The fraction of sp³-hybridized carbons (Fsp3) is 0.632. The molecule has 1 aromatic heterocycles. The van der Waals surface area contributed by atoms with E-state index in [9.17, 15) is 4.79 Å². The molecule has 5 heteroatoms. The Balaban J connectivity index is 1.49. The van der Waals surface area contributed by atoms with Gasteiger partial charge in [-0.3, -0.25) is 4.79 Å². The highest BCUT2D eigenvalue weighted by Gasteiger charge is 2.13. The SMILES string of the molecule is O=C(NCCC1=CCCCC1)c1cnc(N2CCCCCC2)nc1. The van der Waals surface area contributed by atoms with Crippen LogP contribution in [0.15, 0.2) is 24.0 Å². The first-order valence-electron chi connectivity index (χ1n) is 9.36. The molecule has 0 radical (unpaired) electrons. The maximum Gasteiger partial charge on any atom is 0.254 e. The van der Waals surface area contributed by atoms with E-state index in [-0.39, 0.29) is 5.91 Å². The fourth-order valence-corrected chi connectivity index (χ4v) is 3.44. The predicted octanol–water partition coefficient (Wildman–Crippen LogP) is 3.48. The molecule has 24 heavy (non-hydrogen) atoms. The van der Waals surface area contributed by atoms with Crippen molar-refractivity contribution in [2.45, 2.75) is 57.8 Å². The van der Waals surface area contributed by atoms with E-state index >= 15 is 0 Å². The van der Waals surface area contributed by atoms with E-state index in [1.165, 1.54) is 56.9 Å². The Morgan fingerprint density at radius 3 is 2.46 bits per heavy atom. The van der Waals surface area contributed by atoms with Crippen LogP contribution in [-0.2, 0) is 0 Å². The number of amides is 1. The zero-order valence-corrected chi connectivity index (χ0v) is 14.5. The minimum absolute atomic E-state index is 0.0752. The number of carbonyl (C=O) groups is 1. The molecule has 1 aliphatic carbocycles. The summed E-state index contributed by atoms with van der Waals surface area (Å²) in [6, 6.07) is 0. The lowest BCUT2D eigenvalue weighted by molar-refractivity contribution is 0.0953. The summed E-state index contributed by atoms with van der Waals surface area (Å²) in [7, 11) is 0.